The molecule has 0 aliphatic heterocycles. The van der Waals surface area contributed by atoms with Crippen molar-refractivity contribution >= 4 is 11.9 Å². The molecule has 22 heavy (non-hydrogen) atoms. The van der Waals surface area contributed by atoms with Gasteiger partial charge in [0, 0.05) is 30.5 Å². The quantitative estimate of drug-likeness (QED) is 0.861. The van der Waals surface area contributed by atoms with Crippen LogP contribution < -0.4 is 5.32 Å². The highest BCUT2D eigenvalue weighted by Gasteiger charge is 2.12. The topological polar surface area (TPSA) is 71.3 Å². The van der Waals surface area contributed by atoms with Crippen molar-refractivity contribution < 1.29 is 14.7 Å². The molecule has 0 saturated carbocycles. The van der Waals surface area contributed by atoms with Crippen LogP contribution in [-0.2, 0) is 13.5 Å². The zero-order valence-corrected chi connectivity index (χ0v) is 12.7. The molecule has 1 aromatic heterocycles. The van der Waals surface area contributed by atoms with Gasteiger partial charge in [-0.3, -0.25) is 4.79 Å². The number of hydrogen-bond donors (Lipinski definition) is 2. The predicted octanol–water partition coefficient (Wildman–Crippen LogP) is 2.47. The van der Waals surface area contributed by atoms with Crippen molar-refractivity contribution in [3.63, 3.8) is 0 Å². The van der Waals surface area contributed by atoms with Gasteiger partial charge in [-0.05, 0) is 50.1 Å². The van der Waals surface area contributed by atoms with Crippen molar-refractivity contribution in [2.24, 2.45) is 7.05 Å². The predicted molar refractivity (Wildman–Crippen MR) is 84.1 cm³/mol. The van der Waals surface area contributed by atoms with E-state index in [4.69, 9.17) is 5.11 Å². The molecule has 0 radical (unpaired) electrons. The fraction of sp³-hybridized carbons (Fsp3) is 0.294. The van der Waals surface area contributed by atoms with Crippen molar-refractivity contribution in [2.75, 3.05) is 0 Å². The Balaban J connectivity index is 1.92. The molecule has 2 rings (SSSR count). The van der Waals surface area contributed by atoms with Crippen LogP contribution in [0.4, 0.5) is 0 Å². The molecule has 0 unspecified atom stereocenters. The van der Waals surface area contributed by atoms with E-state index in [1.165, 1.54) is 17.8 Å². The Hall–Kier alpha value is -2.56. The fourth-order valence-corrected chi connectivity index (χ4v) is 2.29. The Morgan fingerprint density at radius 3 is 2.59 bits per heavy atom. The van der Waals surface area contributed by atoms with Crippen LogP contribution in [-0.4, -0.2) is 27.6 Å². The fourth-order valence-electron chi connectivity index (χ4n) is 2.29. The van der Waals surface area contributed by atoms with Gasteiger partial charge in [-0.15, -0.1) is 0 Å². The number of aromatic nitrogens is 1. The smallest absolute Gasteiger partial charge is 0.335 e. The number of aromatic carboxylic acids is 1. The number of carboxylic acid groups (broad SMARTS) is 1. The van der Waals surface area contributed by atoms with Crippen LogP contribution in [0.15, 0.2) is 42.6 Å². The molecule has 116 valence electrons. The standard InChI is InChI=1S/C17H20N2O3/c1-12(8-9-15-7-4-10-19(15)2)18-16(20)13-5-3-6-14(11-13)17(21)22/h3-7,10-12H,8-9H2,1-2H3,(H,18,20)(H,21,22)/t12-/m1/s1. The largest absolute Gasteiger partial charge is 0.478 e. The van der Waals surface area contributed by atoms with Gasteiger partial charge in [-0.25, -0.2) is 4.79 Å². The highest BCUT2D eigenvalue weighted by Crippen LogP contribution is 2.08. The van der Waals surface area contributed by atoms with Crippen molar-refractivity contribution in [1.29, 1.82) is 0 Å². The number of aryl methyl sites for hydroxylation is 2. The maximum absolute atomic E-state index is 12.1. The second-order valence-corrected chi connectivity index (χ2v) is 5.41. The van der Waals surface area contributed by atoms with E-state index < -0.39 is 5.97 Å². The summed E-state index contributed by atoms with van der Waals surface area (Å²) in [6.45, 7) is 1.95. The number of hydrogen-bond acceptors (Lipinski definition) is 2. The Morgan fingerprint density at radius 2 is 1.95 bits per heavy atom. The van der Waals surface area contributed by atoms with Crippen molar-refractivity contribution in [3.05, 3.63) is 59.4 Å². The maximum atomic E-state index is 12.1. The van der Waals surface area contributed by atoms with E-state index in [2.05, 4.69) is 16.0 Å². The molecule has 0 bridgehead atoms. The van der Waals surface area contributed by atoms with E-state index in [-0.39, 0.29) is 17.5 Å². The summed E-state index contributed by atoms with van der Waals surface area (Å²) in [6, 6.07) is 10.1. The molecule has 1 atom stereocenters. The molecule has 0 fully saturated rings. The summed E-state index contributed by atoms with van der Waals surface area (Å²) in [4.78, 5) is 23.1. The van der Waals surface area contributed by atoms with E-state index in [1.807, 2.05) is 26.2 Å². The number of carbonyl (C=O) groups is 2. The van der Waals surface area contributed by atoms with Crippen molar-refractivity contribution in [3.8, 4) is 0 Å². The second kappa shape index (κ2) is 6.93. The number of nitrogens with one attached hydrogen (secondary N) is 1. The van der Waals surface area contributed by atoms with Gasteiger partial charge in [0.25, 0.3) is 5.91 Å². The zero-order valence-electron chi connectivity index (χ0n) is 12.7. The summed E-state index contributed by atoms with van der Waals surface area (Å²) in [6.07, 6.45) is 3.69. The summed E-state index contributed by atoms with van der Waals surface area (Å²) < 4.78 is 2.06. The first-order valence-electron chi connectivity index (χ1n) is 7.22. The lowest BCUT2D eigenvalue weighted by Crippen LogP contribution is -2.33. The lowest BCUT2D eigenvalue weighted by atomic mass is 10.1. The van der Waals surface area contributed by atoms with Crippen LogP contribution >= 0.6 is 0 Å². The lowest BCUT2D eigenvalue weighted by molar-refractivity contribution is 0.0697. The summed E-state index contributed by atoms with van der Waals surface area (Å²) >= 11 is 0. The molecule has 1 aromatic carbocycles. The molecule has 0 aliphatic carbocycles. The third-order valence-electron chi connectivity index (χ3n) is 3.63. The van der Waals surface area contributed by atoms with Crippen LogP contribution in [0.1, 0.15) is 39.8 Å². The number of amides is 1. The van der Waals surface area contributed by atoms with Gasteiger partial charge in [0.1, 0.15) is 0 Å². The van der Waals surface area contributed by atoms with Gasteiger partial charge >= 0.3 is 5.97 Å². The third-order valence-corrected chi connectivity index (χ3v) is 3.63. The van der Waals surface area contributed by atoms with Gasteiger partial charge in [-0.2, -0.15) is 0 Å². The number of carboxylic acids is 1. The van der Waals surface area contributed by atoms with Gasteiger partial charge in [0.2, 0.25) is 0 Å². The van der Waals surface area contributed by atoms with Gasteiger partial charge in [0.05, 0.1) is 5.56 Å². The molecular weight excluding hydrogens is 280 g/mol. The van der Waals surface area contributed by atoms with Crippen LogP contribution in [0.2, 0.25) is 0 Å². The SMILES string of the molecule is C[C@H](CCc1cccn1C)NC(=O)c1cccc(C(=O)O)c1. The maximum Gasteiger partial charge on any atom is 0.335 e. The highest BCUT2D eigenvalue weighted by atomic mass is 16.4. The molecule has 0 saturated heterocycles. The third kappa shape index (κ3) is 3.97. The molecule has 5 nitrogen and oxygen atoms in total. The average molecular weight is 300 g/mol. The Morgan fingerprint density at radius 1 is 1.23 bits per heavy atom. The van der Waals surface area contributed by atoms with E-state index in [0.717, 1.165) is 12.8 Å². The monoisotopic (exact) mass is 300 g/mol. The first kappa shape index (κ1) is 15.8. The number of nitrogens with zero attached hydrogens (tertiary/aromatic N) is 1. The minimum atomic E-state index is -1.04. The first-order valence-corrected chi connectivity index (χ1v) is 7.22. The Kier molecular flexibility index (Phi) is 4.99. The summed E-state index contributed by atoms with van der Waals surface area (Å²) in [7, 11) is 2.00. The van der Waals surface area contributed by atoms with Crippen LogP contribution in [0.3, 0.4) is 0 Å². The van der Waals surface area contributed by atoms with Crippen LogP contribution in [0.5, 0.6) is 0 Å². The van der Waals surface area contributed by atoms with Crippen LogP contribution in [0.25, 0.3) is 0 Å². The minimum Gasteiger partial charge on any atom is -0.478 e. The summed E-state index contributed by atoms with van der Waals surface area (Å²) in [5, 5.41) is 11.9. The number of benzene rings is 1. The van der Waals surface area contributed by atoms with Gasteiger partial charge in [0.15, 0.2) is 0 Å². The average Bonchev–Trinajstić information content (AvgIpc) is 2.90. The lowest BCUT2D eigenvalue weighted by Gasteiger charge is -2.14. The van der Waals surface area contributed by atoms with E-state index in [1.54, 1.807) is 12.1 Å². The highest BCUT2D eigenvalue weighted by molar-refractivity contribution is 5.97. The van der Waals surface area contributed by atoms with E-state index in [0.29, 0.717) is 5.56 Å². The second-order valence-electron chi connectivity index (χ2n) is 5.41. The number of carbonyl (C=O) groups excluding carboxylic acids is 1. The van der Waals surface area contributed by atoms with Crippen LogP contribution in [0, 0.1) is 0 Å². The van der Waals surface area contributed by atoms with E-state index in [9.17, 15) is 9.59 Å². The molecule has 1 amide bonds. The van der Waals surface area contributed by atoms with Gasteiger partial charge in [-0.1, -0.05) is 6.07 Å². The first-order chi connectivity index (χ1) is 10.5. The molecule has 1 heterocycles. The summed E-state index contributed by atoms with van der Waals surface area (Å²) in [5.74, 6) is -1.28. The molecule has 0 aliphatic rings. The van der Waals surface area contributed by atoms with Crippen molar-refractivity contribution in [2.45, 2.75) is 25.8 Å². The molecular formula is C17H20N2O3. The normalized spacial score (nSPS) is 11.9. The van der Waals surface area contributed by atoms with Crippen molar-refractivity contribution in [1.82, 2.24) is 9.88 Å². The molecule has 2 aromatic rings. The zero-order chi connectivity index (χ0) is 16.1. The minimum absolute atomic E-state index is 0.0101. The Bertz CT molecular complexity index is 676. The molecule has 0 spiro atoms. The Labute approximate surface area is 129 Å². The molecule has 5 heteroatoms. The van der Waals surface area contributed by atoms with E-state index >= 15 is 0 Å². The summed E-state index contributed by atoms with van der Waals surface area (Å²) in [5.41, 5.74) is 1.70. The molecule has 2 N–H and O–H groups in total. The number of rotatable bonds is 6. The van der Waals surface area contributed by atoms with Gasteiger partial charge < -0.3 is 15.0 Å².